The summed E-state index contributed by atoms with van der Waals surface area (Å²) < 4.78 is 10.9. The Morgan fingerprint density at radius 1 is 1.08 bits per heavy atom. The summed E-state index contributed by atoms with van der Waals surface area (Å²) in [6.45, 7) is 4.53. The minimum atomic E-state index is 0.590. The number of anilines is 3. The predicted octanol–water partition coefficient (Wildman–Crippen LogP) is 4.28. The van der Waals surface area contributed by atoms with E-state index in [4.69, 9.17) is 15.2 Å². The molecule has 3 N–H and O–H groups in total. The van der Waals surface area contributed by atoms with Crippen molar-refractivity contribution in [1.82, 2.24) is 4.98 Å². The molecule has 24 heavy (non-hydrogen) atoms. The van der Waals surface area contributed by atoms with Gasteiger partial charge >= 0.3 is 0 Å². The summed E-state index contributed by atoms with van der Waals surface area (Å²) in [5.41, 5.74) is 8.89. The topological polar surface area (TPSA) is 69.4 Å². The predicted molar refractivity (Wildman–Crippen MR) is 98.3 cm³/mol. The highest BCUT2D eigenvalue weighted by Crippen LogP contribution is 2.33. The highest BCUT2D eigenvalue weighted by Gasteiger charge is 2.09. The summed E-state index contributed by atoms with van der Waals surface area (Å²) >= 11 is 0. The molecule has 0 radical (unpaired) electrons. The van der Waals surface area contributed by atoms with Crippen molar-refractivity contribution in [3.8, 4) is 11.5 Å². The molecule has 0 amide bonds. The third-order valence-corrected chi connectivity index (χ3v) is 3.93. The first-order chi connectivity index (χ1) is 11.6. The molecule has 0 aliphatic rings. The minimum Gasteiger partial charge on any atom is -0.493 e. The first-order valence-corrected chi connectivity index (χ1v) is 7.85. The molecule has 124 valence electrons. The van der Waals surface area contributed by atoms with E-state index in [1.807, 2.05) is 50.2 Å². The van der Waals surface area contributed by atoms with Crippen LogP contribution in [0.15, 0.2) is 42.6 Å². The van der Waals surface area contributed by atoms with Gasteiger partial charge in [0.15, 0.2) is 11.5 Å². The van der Waals surface area contributed by atoms with E-state index in [0.717, 1.165) is 39.3 Å². The number of nitrogen functional groups attached to an aromatic ring is 1. The molecule has 0 spiro atoms. The number of benzene rings is 2. The van der Waals surface area contributed by atoms with Crippen LogP contribution < -0.4 is 20.5 Å². The number of aromatic nitrogens is 1. The lowest BCUT2D eigenvalue weighted by Crippen LogP contribution is -1.99. The van der Waals surface area contributed by atoms with Crippen LogP contribution in [0.2, 0.25) is 0 Å². The van der Waals surface area contributed by atoms with Gasteiger partial charge in [0, 0.05) is 34.4 Å². The van der Waals surface area contributed by atoms with Gasteiger partial charge < -0.3 is 20.5 Å². The summed E-state index contributed by atoms with van der Waals surface area (Å²) in [7, 11) is 1.63. The van der Waals surface area contributed by atoms with Crippen molar-refractivity contribution in [2.75, 3.05) is 24.8 Å². The lowest BCUT2D eigenvalue weighted by molar-refractivity contribution is 0.311. The van der Waals surface area contributed by atoms with Gasteiger partial charge in [-0.1, -0.05) is 12.1 Å². The van der Waals surface area contributed by atoms with Crippen molar-refractivity contribution in [2.24, 2.45) is 0 Å². The van der Waals surface area contributed by atoms with Crippen LogP contribution in [0.5, 0.6) is 11.5 Å². The number of aryl methyl sites for hydroxylation is 1. The number of hydrogen-bond donors (Lipinski definition) is 2. The minimum absolute atomic E-state index is 0.590. The number of nitrogens with two attached hydrogens (primary N) is 1. The van der Waals surface area contributed by atoms with Gasteiger partial charge in [-0.05, 0) is 37.6 Å². The molecule has 2 aromatic carbocycles. The summed E-state index contributed by atoms with van der Waals surface area (Å²) in [5, 5.41) is 5.31. The fourth-order valence-electron chi connectivity index (χ4n) is 2.64. The number of fused-ring (bicyclic) bond motifs is 1. The van der Waals surface area contributed by atoms with E-state index in [0.29, 0.717) is 12.4 Å². The number of ether oxygens (including phenoxy) is 2. The number of hydrogen-bond acceptors (Lipinski definition) is 5. The summed E-state index contributed by atoms with van der Waals surface area (Å²) in [5.74, 6) is 2.15. The Morgan fingerprint density at radius 2 is 1.92 bits per heavy atom. The lowest BCUT2D eigenvalue weighted by Gasteiger charge is -2.14. The first-order valence-electron chi connectivity index (χ1n) is 7.85. The van der Waals surface area contributed by atoms with E-state index >= 15 is 0 Å². The molecule has 1 heterocycles. The molecule has 1 aromatic heterocycles. The monoisotopic (exact) mass is 323 g/mol. The van der Waals surface area contributed by atoms with E-state index in [-0.39, 0.29) is 0 Å². The summed E-state index contributed by atoms with van der Waals surface area (Å²) in [6, 6.07) is 11.7. The van der Waals surface area contributed by atoms with Crippen molar-refractivity contribution in [1.29, 1.82) is 0 Å². The van der Waals surface area contributed by atoms with Crippen molar-refractivity contribution in [3.05, 3.63) is 48.2 Å². The van der Waals surface area contributed by atoms with E-state index < -0.39 is 0 Å². The summed E-state index contributed by atoms with van der Waals surface area (Å²) in [6.07, 6.45) is 1.76. The van der Waals surface area contributed by atoms with Crippen LogP contribution in [0.1, 0.15) is 12.5 Å². The second-order valence-electron chi connectivity index (χ2n) is 5.47. The van der Waals surface area contributed by atoms with Crippen LogP contribution in [0.25, 0.3) is 10.8 Å². The second-order valence-corrected chi connectivity index (χ2v) is 5.47. The SMILES string of the molecule is CCOc1ccc(Nc2nccc3c(N)c(C)ccc23)cc1OC. The standard InChI is InChI=1S/C19H21N3O2/c1-4-24-16-8-6-13(11-17(16)23-3)22-19-15-7-5-12(2)18(20)14(15)9-10-21-19/h5-11H,4,20H2,1-3H3,(H,21,22). The number of pyridine rings is 1. The van der Waals surface area contributed by atoms with Gasteiger partial charge in [-0.25, -0.2) is 4.98 Å². The van der Waals surface area contributed by atoms with E-state index in [2.05, 4.69) is 10.3 Å². The molecule has 0 unspecified atom stereocenters. The number of nitrogens with one attached hydrogen (secondary N) is 1. The number of methoxy groups -OCH3 is 1. The van der Waals surface area contributed by atoms with E-state index in [9.17, 15) is 0 Å². The molecule has 0 aliphatic heterocycles. The van der Waals surface area contributed by atoms with Gasteiger partial charge in [-0.2, -0.15) is 0 Å². The highest BCUT2D eigenvalue weighted by atomic mass is 16.5. The molecular weight excluding hydrogens is 302 g/mol. The van der Waals surface area contributed by atoms with Crippen LogP contribution in [0.3, 0.4) is 0 Å². The molecule has 0 atom stereocenters. The largest absolute Gasteiger partial charge is 0.493 e. The molecule has 0 saturated carbocycles. The summed E-state index contributed by atoms with van der Waals surface area (Å²) in [4.78, 5) is 4.45. The molecular formula is C19H21N3O2. The Morgan fingerprint density at radius 3 is 2.67 bits per heavy atom. The van der Waals surface area contributed by atoms with E-state index in [1.165, 1.54) is 0 Å². The Hall–Kier alpha value is -2.95. The average Bonchev–Trinajstić information content (AvgIpc) is 2.60. The van der Waals surface area contributed by atoms with Crippen molar-refractivity contribution in [2.45, 2.75) is 13.8 Å². The van der Waals surface area contributed by atoms with Crippen molar-refractivity contribution < 1.29 is 9.47 Å². The van der Waals surface area contributed by atoms with Gasteiger partial charge in [0.1, 0.15) is 5.82 Å². The van der Waals surface area contributed by atoms with Gasteiger partial charge in [-0.3, -0.25) is 0 Å². The lowest BCUT2D eigenvalue weighted by atomic mass is 10.1. The van der Waals surface area contributed by atoms with Crippen LogP contribution >= 0.6 is 0 Å². The molecule has 0 aliphatic carbocycles. The van der Waals surface area contributed by atoms with Crippen LogP contribution in [0.4, 0.5) is 17.2 Å². The quantitative estimate of drug-likeness (QED) is 0.686. The molecule has 3 rings (SSSR count). The maximum atomic E-state index is 6.19. The normalized spacial score (nSPS) is 10.6. The zero-order chi connectivity index (χ0) is 17.1. The van der Waals surface area contributed by atoms with Gasteiger partial charge in [-0.15, -0.1) is 0 Å². The molecule has 3 aromatic rings. The highest BCUT2D eigenvalue weighted by molar-refractivity contribution is 6.01. The van der Waals surface area contributed by atoms with Gasteiger partial charge in [0.2, 0.25) is 0 Å². The Bertz CT molecular complexity index is 878. The molecule has 0 fully saturated rings. The molecule has 0 bridgehead atoms. The molecule has 5 heteroatoms. The van der Waals surface area contributed by atoms with Crippen molar-refractivity contribution in [3.63, 3.8) is 0 Å². The Kier molecular flexibility index (Phi) is 4.42. The zero-order valence-electron chi connectivity index (χ0n) is 14.1. The first kappa shape index (κ1) is 15.9. The maximum Gasteiger partial charge on any atom is 0.162 e. The van der Waals surface area contributed by atoms with Crippen molar-refractivity contribution >= 4 is 28.0 Å². The third kappa shape index (κ3) is 2.93. The number of nitrogens with zero attached hydrogens (tertiary/aromatic N) is 1. The fraction of sp³-hybridized carbons (Fsp3) is 0.211. The smallest absolute Gasteiger partial charge is 0.162 e. The zero-order valence-corrected chi connectivity index (χ0v) is 14.1. The second kappa shape index (κ2) is 6.66. The average molecular weight is 323 g/mol. The third-order valence-electron chi connectivity index (χ3n) is 3.93. The van der Waals surface area contributed by atoms with Crippen LogP contribution in [-0.4, -0.2) is 18.7 Å². The molecule has 5 nitrogen and oxygen atoms in total. The van der Waals surface area contributed by atoms with Gasteiger partial charge in [0.25, 0.3) is 0 Å². The van der Waals surface area contributed by atoms with Crippen LogP contribution in [-0.2, 0) is 0 Å². The number of rotatable bonds is 5. The van der Waals surface area contributed by atoms with Gasteiger partial charge in [0.05, 0.1) is 13.7 Å². The maximum absolute atomic E-state index is 6.19. The molecule has 0 saturated heterocycles. The van der Waals surface area contributed by atoms with E-state index in [1.54, 1.807) is 13.3 Å². The van der Waals surface area contributed by atoms with Crippen LogP contribution in [0, 0.1) is 6.92 Å². The Balaban J connectivity index is 2.00. The fourth-order valence-corrected chi connectivity index (χ4v) is 2.64. The Labute approximate surface area is 141 Å².